The predicted octanol–water partition coefficient (Wildman–Crippen LogP) is 3.77. The first-order valence-electron chi connectivity index (χ1n) is 3.69. The highest BCUT2D eigenvalue weighted by Crippen LogP contribution is 2.29. The van der Waals surface area contributed by atoms with E-state index in [0.29, 0.717) is 3.57 Å². The van der Waals surface area contributed by atoms with Gasteiger partial charge in [0.15, 0.2) is 0 Å². The average Bonchev–Trinajstić information content (AvgIpc) is 2.16. The third-order valence-electron chi connectivity index (χ3n) is 1.81. The van der Waals surface area contributed by atoms with E-state index in [0.717, 1.165) is 12.1 Å². The summed E-state index contributed by atoms with van der Waals surface area (Å²) in [6.45, 7) is 0. The second kappa shape index (κ2) is 3.58. The molecule has 0 atom stereocenters. The van der Waals surface area contributed by atoms with Crippen molar-refractivity contribution in [2.75, 3.05) is 0 Å². The summed E-state index contributed by atoms with van der Waals surface area (Å²) in [6, 6.07) is 2.08. The smallest absolute Gasteiger partial charge is 0.149 e. The van der Waals surface area contributed by atoms with Gasteiger partial charge in [0.05, 0.1) is 14.0 Å². The zero-order valence-corrected chi connectivity index (χ0v) is 9.60. The fraction of sp³-hybridized carbons (Fsp3) is 0. The van der Waals surface area contributed by atoms with Crippen LogP contribution in [0.1, 0.15) is 0 Å². The third-order valence-corrected chi connectivity index (χ3v) is 3.34. The van der Waals surface area contributed by atoms with Crippen LogP contribution in [0.25, 0.3) is 10.9 Å². The van der Waals surface area contributed by atoms with Crippen LogP contribution in [0.2, 0.25) is 5.02 Å². The summed E-state index contributed by atoms with van der Waals surface area (Å²) in [4.78, 5) is 3.80. The minimum atomic E-state index is -0.570. The van der Waals surface area contributed by atoms with Crippen LogP contribution in [0.3, 0.4) is 0 Å². The fourth-order valence-electron chi connectivity index (χ4n) is 1.17. The van der Waals surface area contributed by atoms with Gasteiger partial charge in [-0.05, 0) is 34.7 Å². The molecule has 0 amide bonds. The van der Waals surface area contributed by atoms with Crippen molar-refractivity contribution in [2.24, 2.45) is 0 Å². The van der Waals surface area contributed by atoms with Gasteiger partial charge in [0.1, 0.15) is 17.2 Å². The van der Waals surface area contributed by atoms with Gasteiger partial charge < -0.3 is 0 Å². The molecule has 0 unspecified atom stereocenters. The lowest BCUT2D eigenvalue weighted by Crippen LogP contribution is -1.91. The van der Waals surface area contributed by atoms with Gasteiger partial charge in [0, 0.05) is 6.20 Å². The van der Waals surface area contributed by atoms with Crippen LogP contribution in [0, 0.1) is 15.2 Å². The molecule has 0 fully saturated rings. The van der Waals surface area contributed by atoms with Crippen LogP contribution in [0.15, 0.2) is 18.3 Å². The number of pyridine rings is 1. The molecule has 14 heavy (non-hydrogen) atoms. The molecule has 5 heteroatoms. The number of nitrogens with zero attached hydrogens (tertiary/aromatic N) is 1. The maximum absolute atomic E-state index is 13.3. The van der Waals surface area contributed by atoms with Crippen LogP contribution < -0.4 is 0 Å². The molecule has 72 valence electrons. The molecular weight excluding hydrogens is 322 g/mol. The van der Waals surface area contributed by atoms with E-state index < -0.39 is 11.6 Å². The largest absolute Gasteiger partial charge is 0.252 e. The molecule has 1 heterocycles. The summed E-state index contributed by atoms with van der Waals surface area (Å²) in [5.74, 6) is -1.13. The Morgan fingerprint density at radius 3 is 2.57 bits per heavy atom. The van der Waals surface area contributed by atoms with E-state index in [4.69, 9.17) is 11.6 Å². The first-order chi connectivity index (χ1) is 6.61. The highest BCUT2D eigenvalue weighted by Gasteiger charge is 2.12. The molecule has 0 saturated carbocycles. The topological polar surface area (TPSA) is 12.9 Å². The van der Waals surface area contributed by atoms with E-state index in [2.05, 4.69) is 4.98 Å². The highest BCUT2D eigenvalue weighted by molar-refractivity contribution is 14.1. The molecule has 0 N–H and O–H groups in total. The van der Waals surface area contributed by atoms with Crippen molar-refractivity contribution < 1.29 is 8.78 Å². The van der Waals surface area contributed by atoms with Gasteiger partial charge in [-0.15, -0.1) is 0 Å². The summed E-state index contributed by atoms with van der Waals surface area (Å²) < 4.78 is 27.1. The van der Waals surface area contributed by atoms with Crippen molar-refractivity contribution >= 4 is 45.1 Å². The molecule has 0 aliphatic heterocycles. The Kier molecular flexibility index (Phi) is 2.57. The molecule has 0 bridgehead atoms. The standard InChI is InChI=1S/C9H3ClF2IN/c10-8-6(13)3-14-9-5(12)2-1-4(11)7(8)9/h1-3H. The molecule has 1 aromatic carbocycles. The van der Waals surface area contributed by atoms with Crippen molar-refractivity contribution in [1.82, 2.24) is 4.98 Å². The van der Waals surface area contributed by atoms with E-state index in [-0.39, 0.29) is 15.9 Å². The van der Waals surface area contributed by atoms with Crippen molar-refractivity contribution in [3.63, 3.8) is 0 Å². The molecule has 0 spiro atoms. The van der Waals surface area contributed by atoms with E-state index in [1.807, 2.05) is 22.6 Å². The normalized spacial score (nSPS) is 10.9. The summed E-state index contributed by atoms with van der Waals surface area (Å²) in [6.07, 6.45) is 1.41. The van der Waals surface area contributed by atoms with E-state index in [9.17, 15) is 8.78 Å². The van der Waals surface area contributed by atoms with Crippen molar-refractivity contribution in [2.45, 2.75) is 0 Å². The summed E-state index contributed by atoms with van der Waals surface area (Å²) in [5.41, 5.74) is -0.0320. The van der Waals surface area contributed by atoms with E-state index in [1.54, 1.807) is 0 Å². The van der Waals surface area contributed by atoms with Gasteiger partial charge in [0.2, 0.25) is 0 Å². The van der Waals surface area contributed by atoms with Gasteiger partial charge in [-0.1, -0.05) is 11.6 Å². The lowest BCUT2D eigenvalue weighted by molar-refractivity contribution is 0.615. The first kappa shape index (κ1) is 10.0. The van der Waals surface area contributed by atoms with Gasteiger partial charge in [-0.25, -0.2) is 8.78 Å². The Labute approximate surface area is 97.2 Å². The lowest BCUT2D eigenvalue weighted by atomic mass is 10.2. The molecule has 0 saturated heterocycles. The quantitative estimate of drug-likeness (QED) is 0.672. The maximum atomic E-state index is 13.3. The van der Waals surface area contributed by atoms with E-state index >= 15 is 0 Å². The molecule has 1 nitrogen and oxygen atoms in total. The predicted molar refractivity (Wildman–Crippen MR) is 59.4 cm³/mol. The molecule has 0 radical (unpaired) electrons. The average molecular weight is 325 g/mol. The molecule has 0 aliphatic carbocycles. The summed E-state index contributed by atoms with van der Waals surface area (Å²) in [5, 5.41) is 0.242. The number of rotatable bonds is 0. The van der Waals surface area contributed by atoms with Crippen molar-refractivity contribution in [1.29, 1.82) is 0 Å². The summed E-state index contributed by atoms with van der Waals surface area (Å²) in [7, 11) is 0. The third kappa shape index (κ3) is 1.46. The fourth-order valence-corrected chi connectivity index (χ4v) is 1.81. The van der Waals surface area contributed by atoms with Gasteiger partial charge in [-0.2, -0.15) is 0 Å². The Morgan fingerprint density at radius 2 is 1.86 bits per heavy atom. The van der Waals surface area contributed by atoms with Crippen LogP contribution in [0.4, 0.5) is 8.78 Å². The number of benzene rings is 1. The molecule has 2 aromatic rings. The Morgan fingerprint density at radius 1 is 1.21 bits per heavy atom. The number of hydrogen-bond donors (Lipinski definition) is 0. The number of aromatic nitrogens is 1. The Balaban J connectivity index is 3.01. The van der Waals surface area contributed by atoms with Crippen molar-refractivity contribution in [3.05, 3.63) is 38.6 Å². The number of hydrogen-bond acceptors (Lipinski definition) is 1. The molecular formula is C9H3ClF2IN. The van der Waals surface area contributed by atoms with Gasteiger partial charge in [0.25, 0.3) is 0 Å². The second-order valence-corrected chi connectivity index (χ2v) is 4.21. The monoisotopic (exact) mass is 325 g/mol. The molecule has 2 rings (SSSR count). The Hall–Kier alpha value is -0.490. The minimum absolute atomic E-state index is 0.0320. The van der Waals surface area contributed by atoms with Crippen LogP contribution >= 0.6 is 34.2 Å². The van der Waals surface area contributed by atoms with Gasteiger partial charge >= 0.3 is 0 Å². The Bertz CT molecular complexity index is 516. The minimum Gasteiger partial charge on any atom is -0.252 e. The van der Waals surface area contributed by atoms with Gasteiger partial charge in [-0.3, -0.25) is 4.98 Å². The zero-order chi connectivity index (χ0) is 10.3. The first-order valence-corrected chi connectivity index (χ1v) is 5.14. The summed E-state index contributed by atoms with van der Waals surface area (Å²) >= 11 is 7.77. The van der Waals surface area contributed by atoms with Crippen LogP contribution in [-0.2, 0) is 0 Å². The van der Waals surface area contributed by atoms with Crippen LogP contribution in [0.5, 0.6) is 0 Å². The molecule has 1 aromatic heterocycles. The maximum Gasteiger partial charge on any atom is 0.149 e. The lowest BCUT2D eigenvalue weighted by Gasteiger charge is -2.03. The highest BCUT2D eigenvalue weighted by atomic mass is 127. The SMILES string of the molecule is Fc1ccc(F)c2c(Cl)c(I)cnc12. The second-order valence-electron chi connectivity index (χ2n) is 2.67. The number of fused-ring (bicyclic) bond motifs is 1. The molecule has 0 aliphatic rings. The van der Waals surface area contributed by atoms with Crippen LogP contribution in [-0.4, -0.2) is 4.98 Å². The van der Waals surface area contributed by atoms with Crippen molar-refractivity contribution in [3.8, 4) is 0 Å². The zero-order valence-electron chi connectivity index (χ0n) is 6.69. The van der Waals surface area contributed by atoms with E-state index in [1.165, 1.54) is 6.20 Å². The number of halogens is 4.